The summed E-state index contributed by atoms with van der Waals surface area (Å²) in [6.07, 6.45) is 0. The Morgan fingerprint density at radius 1 is 0.781 bits per heavy atom. The van der Waals surface area contributed by atoms with Gasteiger partial charge in [-0.3, -0.25) is 9.80 Å². The summed E-state index contributed by atoms with van der Waals surface area (Å²) >= 11 is 6.21. The molecule has 0 aliphatic carbocycles. The molecule has 0 amide bonds. The van der Waals surface area contributed by atoms with E-state index in [1.54, 1.807) is 0 Å². The van der Waals surface area contributed by atoms with Crippen LogP contribution in [-0.4, -0.2) is 68.2 Å². The molecule has 32 heavy (non-hydrogen) atoms. The molecule has 0 bridgehead atoms. The zero-order chi connectivity index (χ0) is 22.9. The third-order valence-electron chi connectivity index (χ3n) is 7.52. The largest absolute Gasteiger partial charge is 0.369 e. The third kappa shape index (κ3) is 4.93. The van der Waals surface area contributed by atoms with Crippen LogP contribution in [0.25, 0.3) is 0 Å². The van der Waals surface area contributed by atoms with Crippen molar-refractivity contribution in [3.8, 4) is 0 Å². The average Bonchev–Trinajstić information content (AvgIpc) is 2.79. The smallest absolute Gasteiger partial charge is 0.0426 e. The highest BCUT2D eigenvalue weighted by molar-refractivity contribution is 6.30. The summed E-state index contributed by atoms with van der Waals surface area (Å²) in [6, 6.07) is 16.0. The zero-order valence-electron chi connectivity index (χ0n) is 20.4. The first-order valence-corrected chi connectivity index (χ1v) is 12.5. The molecular weight excluding hydrogens is 416 g/mol. The molecule has 2 aromatic carbocycles. The van der Waals surface area contributed by atoms with Crippen LogP contribution in [0.5, 0.6) is 0 Å². The molecule has 4 nitrogen and oxygen atoms in total. The van der Waals surface area contributed by atoms with E-state index in [0.29, 0.717) is 6.04 Å². The first-order valence-electron chi connectivity index (χ1n) is 12.1. The van der Waals surface area contributed by atoms with E-state index < -0.39 is 0 Å². The van der Waals surface area contributed by atoms with Crippen LogP contribution in [0.3, 0.4) is 0 Å². The fraction of sp³-hybridized carbons (Fsp3) is 0.556. The van der Waals surface area contributed by atoms with Gasteiger partial charge in [0.15, 0.2) is 0 Å². The molecule has 2 aromatic rings. The van der Waals surface area contributed by atoms with Crippen molar-refractivity contribution >= 4 is 23.0 Å². The van der Waals surface area contributed by atoms with Gasteiger partial charge >= 0.3 is 0 Å². The van der Waals surface area contributed by atoms with E-state index in [1.165, 1.54) is 22.5 Å². The molecule has 0 unspecified atom stereocenters. The van der Waals surface area contributed by atoms with Crippen LogP contribution < -0.4 is 9.80 Å². The number of halogens is 1. The van der Waals surface area contributed by atoms with Crippen LogP contribution >= 0.6 is 11.6 Å². The van der Waals surface area contributed by atoms with Crippen molar-refractivity contribution in [1.82, 2.24) is 9.80 Å². The van der Waals surface area contributed by atoms with Crippen molar-refractivity contribution in [2.45, 2.75) is 46.2 Å². The van der Waals surface area contributed by atoms with Gasteiger partial charge in [0.25, 0.3) is 0 Å². The van der Waals surface area contributed by atoms with Crippen LogP contribution in [0.1, 0.15) is 38.8 Å². The van der Waals surface area contributed by atoms with E-state index in [9.17, 15) is 0 Å². The first-order chi connectivity index (χ1) is 15.3. The predicted molar refractivity (Wildman–Crippen MR) is 138 cm³/mol. The van der Waals surface area contributed by atoms with Gasteiger partial charge in [0, 0.05) is 80.3 Å². The molecule has 0 saturated carbocycles. The average molecular weight is 455 g/mol. The summed E-state index contributed by atoms with van der Waals surface area (Å²) in [5.41, 5.74) is 5.46. The molecule has 2 aliphatic heterocycles. The quantitative estimate of drug-likeness (QED) is 0.612. The van der Waals surface area contributed by atoms with Crippen molar-refractivity contribution in [3.63, 3.8) is 0 Å². The summed E-state index contributed by atoms with van der Waals surface area (Å²) in [5, 5.41) is 0.812. The summed E-state index contributed by atoms with van der Waals surface area (Å²) < 4.78 is 0. The molecule has 2 heterocycles. The Morgan fingerprint density at radius 2 is 1.38 bits per heavy atom. The highest BCUT2D eigenvalue weighted by Crippen LogP contribution is 2.34. The Labute approximate surface area is 199 Å². The number of rotatable bonds is 5. The molecule has 2 aliphatic rings. The van der Waals surface area contributed by atoms with Gasteiger partial charge in [-0.2, -0.15) is 0 Å². The van der Waals surface area contributed by atoms with E-state index in [-0.39, 0.29) is 5.54 Å². The Kier molecular flexibility index (Phi) is 7.04. The van der Waals surface area contributed by atoms with Crippen molar-refractivity contribution in [2.24, 2.45) is 0 Å². The maximum atomic E-state index is 6.21. The summed E-state index contributed by atoms with van der Waals surface area (Å²) in [5.74, 6) is 0. The minimum Gasteiger partial charge on any atom is -0.369 e. The van der Waals surface area contributed by atoms with E-state index in [1.807, 2.05) is 12.1 Å². The lowest BCUT2D eigenvalue weighted by atomic mass is 9.87. The maximum Gasteiger partial charge on any atom is 0.0426 e. The molecule has 5 heteroatoms. The maximum absolute atomic E-state index is 6.21. The van der Waals surface area contributed by atoms with Crippen molar-refractivity contribution in [3.05, 3.63) is 58.6 Å². The second-order valence-electron chi connectivity index (χ2n) is 10.1. The normalized spacial score (nSPS) is 19.1. The number of nitrogens with zero attached hydrogens (tertiary/aromatic N) is 4. The van der Waals surface area contributed by atoms with Gasteiger partial charge in [0.2, 0.25) is 0 Å². The third-order valence-corrected chi connectivity index (χ3v) is 7.76. The minimum atomic E-state index is 0.0133. The van der Waals surface area contributed by atoms with E-state index in [2.05, 4.69) is 84.6 Å². The predicted octanol–water partition coefficient (Wildman–Crippen LogP) is 5.24. The summed E-state index contributed by atoms with van der Waals surface area (Å²) in [4.78, 5) is 10.2. The van der Waals surface area contributed by atoms with Crippen molar-refractivity contribution in [2.75, 3.05) is 62.2 Å². The fourth-order valence-electron chi connectivity index (χ4n) is 5.39. The molecule has 2 fully saturated rings. The Balaban J connectivity index is 1.42. The second-order valence-corrected chi connectivity index (χ2v) is 10.6. The van der Waals surface area contributed by atoms with E-state index in [4.69, 9.17) is 11.6 Å². The van der Waals surface area contributed by atoms with Crippen LogP contribution in [0.4, 0.5) is 11.4 Å². The monoisotopic (exact) mass is 454 g/mol. The first kappa shape index (κ1) is 23.4. The Morgan fingerprint density at radius 3 is 1.94 bits per heavy atom. The van der Waals surface area contributed by atoms with Crippen LogP contribution in [0, 0.1) is 6.92 Å². The van der Waals surface area contributed by atoms with Crippen LogP contribution in [0.15, 0.2) is 42.5 Å². The topological polar surface area (TPSA) is 13.0 Å². The molecule has 0 atom stereocenters. The number of piperazine rings is 2. The zero-order valence-corrected chi connectivity index (χ0v) is 21.2. The Hall–Kier alpha value is -1.75. The van der Waals surface area contributed by atoms with Gasteiger partial charge in [-0.25, -0.2) is 0 Å². The minimum absolute atomic E-state index is 0.0133. The molecule has 0 radical (unpaired) electrons. The van der Waals surface area contributed by atoms with Gasteiger partial charge in [0.05, 0.1) is 0 Å². The van der Waals surface area contributed by atoms with Gasteiger partial charge < -0.3 is 9.80 Å². The number of anilines is 2. The number of hydrogen-bond donors (Lipinski definition) is 0. The molecule has 0 spiro atoms. The Bertz CT molecular complexity index is 910. The lowest BCUT2D eigenvalue weighted by Gasteiger charge is -2.45. The van der Waals surface area contributed by atoms with Gasteiger partial charge in [0.1, 0.15) is 0 Å². The highest BCUT2D eigenvalue weighted by atomic mass is 35.5. The van der Waals surface area contributed by atoms with Crippen molar-refractivity contribution < 1.29 is 0 Å². The lowest BCUT2D eigenvalue weighted by Crippen LogP contribution is -2.53. The molecule has 2 saturated heterocycles. The molecule has 0 N–H and O–H groups in total. The SMILES string of the molecule is Cc1cc(N2CCN(C(C)C)CC2)ccc1C(C)(C)N1CCN(c2cccc(Cl)c2)CC1. The van der Waals surface area contributed by atoms with E-state index in [0.717, 1.165) is 57.4 Å². The number of aryl methyl sites for hydroxylation is 1. The molecule has 0 aromatic heterocycles. The van der Waals surface area contributed by atoms with Crippen LogP contribution in [0.2, 0.25) is 5.02 Å². The van der Waals surface area contributed by atoms with E-state index >= 15 is 0 Å². The van der Waals surface area contributed by atoms with Gasteiger partial charge in [-0.05, 0) is 76.1 Å². The molecule has 174 valence electrons. The summed E-state index contributed by atoms with van der Waals surface area (Å²) in [7, 11) is 0. The standard InChI is InChI=1S/C27H39ClN4/c1-21(2)29-11-13-30(14-12-29)25-9-10-26(22(3)19-25)27(4,5)32-17-15-31(16-18-32)24-8-6-7-23(28)20-24/h6-10,19-21H,11-18H2,1-5H3. The fourth-order valence-corrected chi connectivity index (χ4v) is 5.58. The number of benzene rings is 2. The lowest BCUT2D eigenvalue weighted by molar-refractivity contribution is 0.110. The number of hydrogen-bond acceptors (Lipinski definition) is 4. The molecular formula is C27H39ClN4. The van der Waals surface area contributed by atoms with Gasteiger partial charge in [-0.1, -0.05) is 23.7 Å². The summed E-state index contributed by atoms with van der Waals surface area (Å²) in [6.45, 7) is 20.3. The van der Waals surface area contributed by atoms with Crippen molar-refractivity contribution in [1.29, 1.82) is 0 Å². The second kappa shape index (κ2) is 9.62. The van der Waals surface area contributed by atoms with Crippen LogP contribution in [-0.2, 0) is 5.54 Å². The highest BCUT2D eigenvalue weighted by Gasteiger charge is 2.33. The van der Waals surface area contributed by atoms with Gasteiger partial charge in [-0.15, -0.1) is 0 Å². The molecule has 4 rings (SSSR count).